The summed E-state index contributed by atoms with van der Waals surface area (Å²) in [5, 5.41) is 3.26. The highest BCUT2D eigenvalue weighted by Gasteiger charge is 2.17. The predicted octanol–water partition coefficient (Wildman–Crippen LogP) is 1.94. The number of hydrogen-bond acceptors (Lipinski definition) is 4. The van der Waals surface area contributed by atoms with Crippen molar-refractivity contribution in [3.05, 3.63) is 0 Å². The van der Waals surface area contributed by atoms with Gasteiger partial charge in [0.2, 0.25) is 0 Å². The van der Waals surface area contributed by atoms with Crippen LogP contribution in [0.3, 0.4) is 0 Å². The van der Waals surface area contributed by atoms with Gasteiger partial charge in [0, 0.05) is 22.5 Å². The molecule has 1 aliphatic heterocycles. The van der Waals surface area contributed by atoms with E-state index in [1.54, 1.807) is 0 Å². The number of thiocarbonyl (C=S) groups is 1. The average molecular weight is 191 g/mol. The van der Waals surface area contributed by atoms with Crippen LogP contribution in [0.25, 0.3) is 0 Å². The Morgan fingerprint density at radius 3 is 3.00 bits per heavy atom. The van der Waals surface area contributed by atoms with Crippen molar-refractivity contribution in [1.29, 1.82) is 0 Å². The first-order chi connectivity index (χ1) is 4.93. The Morgan fingerprint density at radius 1 is 1.70 bits per heavy atom. The lowest BCUT2D eigenvalue weighted by Gasteiger charge is -2.23. The predicted molar refractivity (Wildman–Crippen MR) is 53.5 cm³/mol. The fraction of sp³-hybridized carbons (Fsp3) is 0.833. The number of rotatable bonds is 4. The van der Waals surface area contributed by atoms with E-state index < -0.39 is 0 Å². The van der Waals surface area contributed by atoms with Crippen LogP contribution in [0.5, 0.6) is 0 Å². The van der Waals surface area contributed by atoms with Crippen molar-refractivity contribution in [1.82, 2.24) is 0 Å². The number of isothiocyanates is 1. The highest BCUT2D eigenvalue weighted by Crippen LogP contribution is 2.28. The molecule has 0 N–H and O–H groups in total. The molecule has 0 bridgehead atoms. The molecule has 0 unspecified atom stereocenters. The molecule has 1 rings (SSSR count). The van der Waals surface area contributed by atoms with Crippen LogP contribution in [0, 0.1) is 0 Å². The summed E-state index contributed by atoms with van der Waals surface area (Å²) < 4.78 is 0. The Kier molecular flexibility index (Phi) is 4.46. The van der Waals surface area contributed by atoms with E-state index in [1.807, 2.05) is 23.5 Å². The summed E-state index contributed by atoms with van der Waals surface area (Å²) >= 11 is 8.47. The summed E-state index contributed by atoms with van der Waals surface area (Å²) in [6.45, 7) is 0.843. The van der Waals surface area contributed by atoms with Gasteiger partial charge in [0.1, 0.15) is 0 Å². The van der Waals surface area contributed by atoms with Gasteiger partial charge < -0.3 is 0 Å². The molecule has 0 radical (unpaired) electrons. The minimum Gasteiger partial charge on any atom is -0.232 e. The highest BCUT2D eigenvalue weighted by atomic mass is 32.2. The molecule has 0 spiro atoms. The maximum Gasteiger partial charge on any atom is 0.0585 e. The first-order valence-corrected chi connectivity index (χ1v) is 5.77. The van der Waals surface area contributed by atoms with Gasteiger partial charge in [0.25, 0.3) is 0 Å². The first kappa shape index (κ1) is 8.60. The molecule has 0 aromatic heterocycles. The van der Waals surface area contributed by atoms with E-state index in [-0.39, 0.29) is 0 Å². The van der Waals surface area contributed by atoms with Gasteiger partial charge in [-0.05, 0) is 12.2 Å². The van der Waals surface area contributed by atoms with E-state index in [0.29, 0.717) is 0 Å². The second-order valence-electron chi connectivity index (χ2n) is 2.00. The molecule has 0 aromatic carbocycles. The van der Waals surface area contributed by atoms with E-state index in [1.165, 1.54) is 11.5 Å². The summed E-state index contributed by atoms with van der Waals surface area (Å²) in [4.78, 5) is 3.84. The summed E-state index contributed by atoms with van der Waals surface area (Å²) in [6.07, 6.45) is 0. The maximum atomic E-state index is 4.44. The van der Waals surface area contributed by atoms with Crippen molar-refractivity contribution in [3.8, 4) is 0 Å². The van der Waals surface area contributed by atoms with Crippen LogP contribution < -0.4 is 0 Å². The Balaban J connectivity index is 1.89. The number of aliphatic imine (C=N–C) groups is 1. The van der Waals surface area contributed by atoms with Crippen molar-refractivity contribution in [3.63, 3.8) is 0 Å². The third-order valence-corrected chi connectivity index (χ3v) is 4.28. The molecule has 0 atom stereocenters. The number of thioether (sulfide) groups is 2. The molecule has 56 valence electrons. The minimum atomic E-state index is 0.843. The van der Waals surface area contributed by atoms with Gasteiger partial charge in [-0.2, -0.15) is 23.5 Å². The van der Waals surface area contributed by atoms with Gasteiger partial charge in [-0.1, -0.05) is 0 Å². The molecule has 0 aliphatic carbocycles. The van der Waals surface area contributed by atoms with Crippen LogP contribution in [0.15, 0.2) is 4.99 Å². The van der Waals surface area contributed by atoms with E-state index in [2.05, 4.69) is 22.4 Å². The van der Waals surface area contributed by atoms with Crippen LogP contribution in [0.1, 0.15) is 0 Å². The largest absolute Gasteiger partial charge is 0.232 e. The molecule has 1 aliphatic rings. The van der Waals surface area contributed by atoms with Crippen LogP contribution >= 0.6 is 35.7 Å². The smallest absolute Gasteiger partial charge is 0.0585 e. The molecular formula is C6H9NS3. The third-order valence-electron chi connectivity index (χ3n) is 1.23. The van der Waals surface area contributed by atoms with Crippen LogP contribution in [0.2, 0.25) is 0 Å². The van der Waals surface area contributed by atoms with Crippen molar-refractivity contribution < 1.29 is 0 Å². The number of hydrogen-bond donors (Lipinski definition) is 0. The van der Waals surface area contributed by atoms with E-state index in [4.69, 9.17) is 0 Å². The molecule has 0 amide bonds. The van der Waals surface area contributed by atoms with Crippen molar-refractivity contribution >= 4 is 40.9 Å². The maximum absolute atomic E-state index is 4.44. The minimum absolute atomic E-state index is 0.843. The van der Waals surface area contributed by atoms with Crippen molar-refractivity contribution in [2.75, 3.05) is 23.8 Å². The second-order valence-corrected chi connectivity index (χ2v) is 4.67. The zero-order chi connectivity index (χ0) is 7.23. The Hall–Kier alpha value is 0.500. The standard InChI is InChI=1S/C6H9NS3/c8-5-7-1-2-10-6-3-9-4-6/h6H,1-4H2. The number of nitrogens with zero attached hydrogens (tertiary/aromatic N) is 1. The first-order valence-electron chi connectivity index (χ1n) is 3.16. The van der Waals surface area contributed by atoms with E-state index >= 15 is 0 Å². The molecule has 1 saturated heterocycles. The van der Waals surface area contributed by atoms with Gasteiger partial charge in [0.15, 0.2) is 0 Å². The molecule has 1 nitrogen and oxygen atoms in total. The summed E-state index contributed by atoms with van der Waals surface area (Å²) in [7, 11) is 0. The summed E-state index contributed by atoms with van der Waals surface area (Å²) in [5.74, 6) is 3.76. The molecule has 10 heavy (non-hydrogen) atoms. The lowest BCUT2D eigenvalue weighted by molar-refractivity contribution is 1.07. The van der Waals surface area contributed by atoms with Crippen LogP contribution in [-0.4, -0.2) is 34.2 Å². The van der Waals surface area contributed by atoms with Crippen LogP contribution in [0.4, 0.5) is 0 Å². The Bertz CT molecular complexity index is 138. The second kappa shape index (κ2) is 5.19. The fourth-order valence-electron chi connectivity index (χ4n) is 0.621. The normalized spacial score (nSPS) is 17.6. The quantitative estimate of drug-likeness (QED) is 0.383. The third kappa shape index (κ3) is 3.06. The summed E-state index contributed by atoms with van der Waals surface area (Å²) in [6, 6.07) is 0. The van der Waals surface area contributed by atoms with Gasteiger partial charge in [-0.25, -0.2) is 4.99 Å². The summed E-state index contributed by atoms with van der Waals surface area (Å²) in [5.41, 5.74) is 0. The van der Waals surface area contributed by atoms with Gasteiger partial charge in [-0.15, -0.1) is 0 Å². The SMILES string of the molecule is S=C=NCCSC1CSC1. The monoisotopic (exact) mass is 191 g/mol. The van der Waals surface area contributed by atoms with Crippen molar-refractivity contribution in [2.45, 2.75) is 5.25 Å². The molecule has 0 saturated carbocycles. The molecule has 0 aromatic rings. The van der Waals surface area contributed by atoms with Gasteiger partial charge >= 0.3 is 0 Å². The van der Waals surface area contributed by atoms with E-state index in [0.717, 1.165) is 17.5 Å². The zero-order valence-corrected chi connectivity index (χ0v) is 8.03. The van der Waals surface area contributed by atoms with Crippen LogP contribution in [-0.2, 0) is 0 Å². The average Bonchev–Trinajstić information content (AvgIpc) is 1.84. The Morgan fingerprint density at radius 2 is 2.50 bits per heavy atom. The molecule has 1 heterocycles. The van der Waals surface area contributed by atoms with Crippen molar-refractivity contribution in [2.24, 2.45) is 4.99 Å². The lowest BCUT2D eigenvalue weighted by atomic mass is 10.5. The van der Waals surface area contributed by atoms with Gasteiger partial charge in [-0.3, -0.25) is 0 Å². The van der Waals surface area contributed by atoms with E-state index in [9.17, 15) is 0 Å². The lowest BCUT2D eigenvalue weighted by Crippen LogP contribution is -2.21. The molecule has 1 fully saturated rings. The highest BCUT2D eigenvalue weighted by molar-refractivity contribution is 8.07. The molecule has 4 heteroatoms. The molecular weight excluding hydrogens is 182 g/mol. The van der Waals surface area contributed by atoms with Gasteiger partial charge in [0.05, 0.1) is 11.7 Å². The Labute approximate surface area is 75.1 Å². The fourth-order valence-corrected chi connectivity index (χ4v) is 3.02. The topological polar surface area (TPSA) is 12.4 Å². The zero-order valence-electron chi connectivity index (χ0n) is 5.58.